The number of carboxylic acid groups (broad SMARTS) is 1. The molecule has 0 aromatic carbocycles. The fourth-order valence-corrected chi connectivity index (χ4v) is 6.11. The molecule has 0 bridgehead atoms. The average Bonchev–Trinajstić information content (AvgIpc) is 2.80. The van der Waals surface area contributed by atoms with Crippen molar-refractivity contribution in [1.82, 2.24) is 0 Å². The van der Waals surface area contributed by atoms with E-state index >= 15 is 0 Å². The highest BCUT2D eigenvalue weighted by molar-refractivity contribution is 5.76. The van der Waals surface area contributed by atoms with Crippen LogP contribution in [0.3, 0.4) is 0 Å². The number of allylic oxidation sites excluding steroid dienone is 1. The van der Waals surface area contributed by atoms with Gasteiger partial charge >= 0.3 is 5.97 Å². The fraction of sp³-hybridized carbons (Fsp3) is 0.850. The number of fused-ring (bicyclic) bond motifs is 3. The van der Waals surface area contributed by atoms with Crippen LogP contribution in [-0.2, 0) is 4.79 Å². The van der Waals surface area contributed by atoms with Gasteiger partial charge in [-0.3, -0.25) is 4.79 Å². The Hall–Kier alpha value is -0.830. The Kier molecular flexibility index (Phi) is 3.95. The second-order valence-electron chi connectivity index (χ2n) is 9.28. The second kappa shape index (κ2) is 5.34. The lowest BCUT2D eigenvalue weighted by Crippen LogP contribution is -2.52. The van der Waals surface area contributed by atoms with E-state index in [4.69, 9.17) is 0 Å². The fourth-order valence-electron chi connectivity index (χ4n) is 6.11. The van der Waals surface area contributed by atoms with Gasteiger partial charge in [0, 0.05) is 0 Å². The molecule has 0 aromatic rings. The lowest BCUT2D eigenvalue weighted by atomic mass is 9.50. The minimum Gasteiger partial charge on any atom is -0.481 e. The Morgan fingerprint density at radius 3 is 2.39 bits per heavy atom. The molecule has 130 valence electrons. The first kappa shape index (κ1) is 17.0. The van der Waals surface area contributed by atoms with E-state index in [9.17, 15) is 15.0 Å². The Bertz CT molecular complexity index is 521. The molecule has 2 fully saturated rings. The van der Waals surface area contributed by atoms with E-state index in [1.807, 2.05) is 13.0 Å². The summed E-state index contributed by atoms with van der Waals surface area (Å²) >= 11 is 0. The molecule has 6 atom stereocenters. The van der Waals surface area contributed by atoms with Gasteiger partial charge in [-0.25, -0.2) is 0 Å². The minimum atomic E-state index is -0.748. The summed E-state index contributed by atoms with van der Waals surface area (Å²) in [5, 5.41) is 20.7. The third kappa shape index (κ3) is 2.47. The number of carbonyl (C=O) groups is 1. The standard InChI is InChI=1S/C20H32O3/c1-13(2)14-5-6-16-15-7-8-19(4,23)11-9-18(15,3)10-12-20(14,16)17(21)22/h7-8,13-16,23H,5-6,9-12H2,1-4H3,(H,21,22)/t14-,15-,16+,18-,19+,20+/m1/s1. The van der Waals surface area contributed by atoms with E-state index in [1.54, 1.807) is 0 Å². The largest absolute Gasteiger partial charge is 0.481 e. The molecule has 0 aliphatic heterocycles. The second-order valence-corrected chi connectivity index (χ2v) is 9.28. The van der Waals surface area contributed by atoms with Gasteiger partial charge in [-0.2, -0.15) is 0 Å². The summed E-state index contributed by atoms with van der Waals surface area (Å²) in [6.07, 6.45) is 9.70. The first-order valence-corrected chi connectivity index (χ1v) is 9.27. The summed E-state index contributed by atoms with van der Waals surface area (Å²) in [7, 11) is 0. The lowest BCUT2D eigenvalue weighted by Gasteiger charge is -2.52. The molecule has 0 aromatic heterocycles. The lowest BCUT2D eigenvalue weighted by molar-refractivity contribution is -0.164. The summed E-state index contributed by atoms with van der Waals surface area (Å²) < 4.78 is 0. The van der Waals surface area contributed by atoms with Gasteiger partial charge in [0.25, 0.3) is 0 Å². The summed E-state index contributed by atoms with van der Waals surface area (Å²) in [6.45, 7) is 8.55. The maximum Gasteiger partial charge on any atom is 0.310 e. The topological polar surface area (TPSA) is 57.5 Å². The first-order chi connectivity index (χ1) is 10.6. The van der Waals surface area contributed by atoms with Crippen LogP contribution in [-0.4, -0.2) is 21.8 Å². The van der Waals surface area contributed by atoms with Crippen LogP contribution in [0.2, 0.25) is 0 Å². The minimum absolute atomic E-state index is 0.131. The summed E-state index contributed by atoms with van der Waals surface area (Å²) in [5.41, 5.74) is -1.17. The van der Waals surface area contributed by atoms with Crippen LogP contribution in [0.1, 0.15) is 66.2 Å². The highest BCUT2D eigenvalue weighted by Gasteiger charge is 2.63. The van der Waals surface area contributed by atoms with E-state index in [1.165, 1.54) is 0 Å². The molecule has 0 spiro atoms. The molecule has 0 unspecified atom stereocenters. The molecule has 3 nitrogen and oxygen atoms in total. The van der Waals surface area contributed by atoms with Crippen molar-refractivity contribution in [2.75, 3.05) is 0 Å². The Morgan fingerprint density at radius 1 is 1.13 bits per heavy atom. The summed E-state index contributed by atoms with van der Waals surface area (Å²) in [4.78, 5) is 12.4. The van der Waals surface area contributed by atoms with Gasteiger partial charge < -0.3 is 10.2 Å². The van der Waals surface area contributed by atoms with E-state index < -0.39 is 17.0 Å². The van der Waals surface area contributed by atoms with E-state index in [0.29, 0.717) is 5.92 Å². The van der Waals surface area contributed by atoms with Crippen LogP contribution in [0.4, 0.5) is 0 Å². The van der Waals surface area contributed by atoms with Gasteiger partial charge in [0.2, 0.25) is 0 Å². The maximum atomic E-state index is 12.4. The first-order valence-electron chi connectivity index (χ1n) is 9.27. The molecular weight excluding hydrogens is 288 g/mol. The number of rotatable bonds is 2. The van der Waals surface area contributed by atoms with E-state index in [-0.39, 0.29) is 23.2 Å². The zero-order chi connectivity index (χ0) is 17.0. The van der Waals surface area contributed by atoms with Gasteiger partial charge in [-0.1, -0.05) is 32.9 Å². The molecule has 3 aliphatic carbocycles. The molecule has 3 rings (SSSR count). The van der Waals surface area contributed by atoms with Crippen molar-refractivity contribution < 1.29 is 15.0 Å². The van der Waals surface area contributed by atoms with Crippen LogP contribution in [0.15, 0.2) is 12.2 Å². The van der Waals surface area contributed by atoms with Crippen LogP contribution >= 0.6 is 0 Å². The predicted molar refractivity (Wildman–Crippen MR) is 90.9 cm³/mol. The molecule has 0 heterocycles. The van der Waals surface area contributed by atoms with Crippen molar-refractivity contribution in [2.24, 2.45) is 34.5 Å². The molecule has 0 saturated heterocycles. The van der Waals surface area contributed by atoms with Crippen molar-refractivity contribution in [3.8, 4) is 0 Å². The molecule has 0 radical (unpaired) electrons. The molecule has 2 saturated carbocycles. The van der Waals surface area contributed by atoms with E-state index in [2.05, 4.69) is 26.8 Å². The van der Waals surface area contributed by atoms with Crippen molar-refractivity contribution in [3.05, 3.63) is 12.2 Å². The molecule has 0 amide bonds. The number of carboxylic acids is 1. The van der Waals surface area contributed by atoms with Crippen LogP contribution < -0.4 is 0 Å². The third-order valence-corrected chi connectivity index (χ3v) is 7.53. The molecule has 2 N–H and O–H groups in total. The van der Waals surface area contributed by atoms with Crippen molar-refractivity contribution in [3.63, 3.8) is 0 Å². The SMILES string of the molecule is CC(C)[C@H]1CC[C@H]2[C@H]3C=C[C@](C)(O)CC[C@]3(C)CC[C@]12C(=O)O. The zero-order valence-electron chi connectivity index (χ0n) is 15.0. The highest BCUT2D eigenvalue weighted by atomic mass is 16.4. The Morgan fingerprint density at radius 2 is 1.78 bits per heavy atom. The van der Waals surface area contributed by atoms with Crippen LogP contribution in [0.25, 0.3) is 0 Å². The van der Waals surface area contributed by atoms with Gasteiger partial charge in [0.15, 0.2) is 0 Å². The smallest absolute Gasteiger partial charge is 0.310 e. The number of hydrogen-bond acceptors (Lipinski definition) is 2. The molecule has 23 heavy (non-hydrogen) atoms. The third-order valence-electron chi connectivity index (χ3n) is 7.53. The summed E-state index contributed by atoms with van der Waals surface area (Å²) in [6, 6.07) is 0. The van der Waals surface area contributed by atoms with E-state index in [0.717, 1.165) is 38.5 Å². The maximum absolute atomic E-state index is 12.4. The van der Waals surface area contributed by atoms with Gasteiger partial charge in [-0.15, -0.1) is 0 Å². The monoisotopic (exact) mass is 320 g/mol. The summed E-state index contributed by atoms with van der Waals surface area (Å²) in [5.74, 6) is 0.622. The highest BCUT2D eigenvalue weighted by Crippen LogP contribution is 2.65. The quantitative estimate of drug-likeness (QED) is 0.748. The van der Waals surface area contributed by atoms with Gasteiger partial charge in [0.1, 0.15) is 0 Å². The predicted octanol–water partition coefficient (Wildman–Crippen LogP) is 4.26. The Labute approximate surface area is 140 Å². The normalized spacial score (nSPS) is 49.6. The van der Waals surface area contributed by atoms with Gasteiger partial charge in [-0.05, 0) is 74.5 Å². The molecular formula is C20H32O3. The van der Waals surface area contributed by atoms with Crippen LogP contribution in [0, 0.1) is 34.5 Å². The van der Waals surface area contributed by atoms with Crippen molar-refractivity contribution >= 4 is 5.97 Å². The molecule has 3 aliphatic rings. The van der Waals surface area contributed by atoms with Crippen molar-refractivity contribution in [2.45, 2.75) is 71.8 Å². The number of aliphatic hydroxyl groups is 1. The number of hydrogen-bond donors (Lipinski definition) is 2. The van der Waals surface area contributed by atoms with Crippen molar-refractivity contribution in [1.29, 1.82) is 0 Å². The zero-order valence-corrected chi connectivity index (χ0v) is 15.0. The van der Waals surface area contributed by atoms with Gasteiger partial charge in [0.05, 0.1) is 11.0 Å². The Balaban J connectivity index is 2.04. The average molecular weight is 320 g/mol. The molecule has 3 heteroatoms. The van der Waals surface area contributed by atoms with Crippen LogP contribution in [0.5, 0.6) is 0 Å². The number of aliphatic carboxylic acids is 1.